The van der Waals surface area contributed by atoms with Crippen LogP contribution in [0.15, 0.2) is 108 Å². The molecule has 0 amide bonds. The molecule has 0 N–H and O–H groups in total. The maximum Gasteiger partial charge on any atom is 0.0732 e. The molecule has 32 heavy (non-hydrogen) atoms. The fraction of sp³-hybridized carbons (Fsp3) is 0.333. The van der Waals surface area contributed by atoms with Crippen LogP contribution >= 0.6 is 0 Å². The zero-order valence-electron chi connectivity index (χ0n) is 20.8. The summed E-state index contributed by atoms with van der Waals surface area (Å²) in [5.74, 6) is 0. The van der Waals surface area contributed by atoms with E-state index in [0.29, 0.717) is 0 Å². The molecule has 1 unspecified atom stereocenters. The Labute approximate surface area is 197 Å². The zero-order chi connectivity index (χ0) is 23.3. The van der Waals surface area contributed by atoms with Gasteiger partial charge in [-0.05, 0) is 11.1 Å². The summed E-state index contributed by atoms with van der Waals surface area (Å²) in [6.07, 6.45) is 16.9. The van der Waals surface area contributed by atoms with Crippen molar-refractivity contribution in [2.24, 2.45) is 5.41 Å². The van der Waals surface area contributed by atoms with Crippen LogP contribution in [0.5, 0.6) is 0 Å². The minimum atomic E-state index is -1.85. The van der Waals surface area contributed by atoms with E-state index in [4.69, 9.17) is 0 Å². The summed E-state index contributed by atoms with van der Waals surface area (Å²) in [7, 11) is -3.49. The van der Waals surface area contributed by atoms with Crippen LogP contribution in [0.1, 0.15) is 18.1 Å². The summed E-state index contributed by atoms with van der Waals surface area (Å²) in [4.78, 5) is 0. The first kappa shape index (κ1) is 23.0. The fourth-order valence-corrected chi connectivity index (χ4v) is 14.2. The van der Waals surface area contributed by atoms with E-state index in [1.165, 1.54) is 11.1 Å². The maximum atomic E-state index is 2.62. The van der Waals surface area contributed by atoms with Crippen molar-refractivity contribution in [3.63, 3.8) is 0 Å². The highest BCUT2D eigenvalue weighted by molar-refractivity contribution is 6.90. The molecule has 0 fully saturated rings. The molecule has 0 radical (unpaired) electrons. The molecule has 2 aliphatic rings. The molecule has 0 saturated heterocycles. The first-order chi connectivity index (χ1) is 15.0. The Balaban J connectivity index is 2.27. The van der Waals surface area contributed by atoms with Crippen LogP contribution in [-0.2, 0) is 5.41 Å². The summed E-state index contributed by atoms with van der Waals surface area (Å²) >= 11 is 0. The molecule has 0 heterocycles. The van der Waals surface area contributed by atoms with Gasteiger partial charge in [0.25, 0.3) is 0 Å². The monoisotopic (exact) mass is 454 g/mol. The van der Waals surface area contributed by atoms with Gasteiger partial charge >= 0.3 is 0 Å². The largest absolute Gasteiger partial charge is 0.0762 e. The van der Waals surface area contributed by atoms with Crippen molar-refractivity contribution in [1.29, 1.82) is 0 Å². The first-order valence-electron chi connectivity index (χ1n) is 11.9. The number of hydrogen-bond donors (Lipinski definition) is 0. The van der Waals surface area contributed by atoms with Crippen molar-refractivity contribution in [3.05, 3.63) is 120 Å². The van der Waals surface area contributed by atoms with E-state index in [1.807, 2.05) is 0 Å². The molecule has 2 aliphatic carbocycles. The molecule has 0 saturated carbocycles. The van der Waals surface area contributed by atoms with Crippen molar-refractivity contribution >= 4 is 16.1 Å². The third kappa shape index (κ3) is 3.07. The Kier molecular flexibility index (Phi) is 5.54. The van der Waals surface area contributed by atoms with Gasteiger partial charge in [-0.15, -0.1) is 0 Å². The van der Waals surface area contributed by atoms with Gasteiger partial charge < -0.3 is 0 Å². The van der Waals surface area contributed by atoms with Crippen LogP contribution in [0.25, 0.3) is 0 Å². The Morgan fingerprint density at radius 3 is 1.50 bits per heavy atom. The van der Waals surface area contributed by atoms with Crippen molar-refractivity contribution in [2.45, 2.75) is 56.7 Å². The molecule has 1 atom stereocenters. The lowest BCUT2D eigenvalue weighted by atomic mass is 9.51. The molecule has 2 aromatic rings. The quantitative estimate of drug-likeness (QED) is 0.383. The van der Waals surface area contributed by atoms with E-state index in [-0.39, 0.29) is 15.9 Å². The van der Waals surface area contributed by atoms with Gasteiger partial charge in [0, 0.05) is 15.9 Å². The highest BCUT2D eigenvalue weighted by Crippen LogP contribution is 2.72. The normalized spacial score (nSPS) is 22.4. The average Bonchev–Trinajstić information content (AvgIpc) is 3.38. The van der Waals surface area contributed by atoms with Gasteiger partial charge in [0.1, 0.15) is 0 Å². The maximum absolute atomic E-state index is 2.62. The van der Waals surface area contributed by atoms with Crippen LogP contribution in [-0.4, -0.2) is 16.1 Å². The lowest BCUT2D eigenvalue weighted by molar-refractivity contribution is 0.270. The molecule has 2 aromatic carbocycles. The van der Waals surface area contributed by atoms with Crippen LogP contribution < -0.4 is 0 Å². The lowest BCUT2D eigenvalue weighted by Gasteiger charge is -2.63. The second kappa shape index (κ2) is 7.71. The topological polar surface area (TPSA) is 0 Å². The summed E-state index contributed by atoms with van der Waals surface area (Å²) in [6.45, 7) is 17.8. The van der Waals surface area contributed by atoms with Gasteiger partial charge in [0.2, 0.25) is 0 Å². The standard InChI is InChI=1S/C30H38Si2/c1-28(22-14-15-23-28)30(25-17-10-8-11-18-25,26-19-12-9-13-20-26)29(32(5,6)7)24-16-21-27(29)31(2,3)4/h8-24H,1-7H3. The third-order valence-corrected chi connectivity index (χ3v) is 13.4. The summed E-state index contributed by atoms with van der Waals surface area (Å²) < 4.78 is 0. The minimum Gasteiger partial charge on any atom is -0.0762 e. The smallest absolute Gasteiger partial charge is 0.0732 e. The van der Waals surface area contributed by atoms with Crippen LogP contribution in [0, 0.1) is 5.41 Å². The Bertz CT molecular complexity index is 1040. The van der Waals surface area contributed by atoms with Gasteiger partial charge in [0.05, 0.1) is 16.1 Å². The van der Waals surface area contributed by atoms with E-state index in [1.54, 1.807) is 5.20 Å². The van der Waals surface area contributed by atoms with E-state index in [2.05, 4.69) is 149 Å². The molecule has 0 spiro atoms. The molecule has 2 heteroatoms. The minimum absolute atomic E-state index is 0.0407. The van der Waals surface area contributed by atoms with Crippen LogP contribution in [0.4, 0.5) is 0 Å². The van der Waals surface area contributed by atoms with Crippen molar-refractivity contribution < 1.29 is 0 Å². The Morgan fingerprint density at radius 1 is 0.625 bits per heavy atom. The predicted octanol–water partition coefficient (Wildman–Crippen LogP) is 8.56. The summed E-state index contributed by atoms with van der Waals surface area (Å²) in [5, 5.41) is 1.66. The van der Waals surface area contributed by atoms with E-state index >= 15 is 0 Å². The van der Waals surface area contributed by atoms with E-state index < -0.39 is 16.1 Å². The van der Waals surface area contributed by atoms with Crippen molar-refractivity contribution in [2.75, 3.05) is 0 Å². The first-order valence-corrected chi connectivity index (χ1v) is 18.9. The number of allylic oxidation sites excluding steroid dienone is 8. The van der Waals surface area contributed by atoms with Gasteiger partial charge in [-0.25, -0.2) is 0 Å². The summed E-state index contributed by atoms with van der Waals surface area (Å²) in [5.41, 5.74) is 2.45. The molecular formula is C30H38Si2. The Morgan fingerprint density at radius 2 is 1.09 bits per heavy atom. The van der Waals surface area contributed by atoms with Crippen molar-refractivity contribution in [3.8, 4) is 0 Å². The predicted molar refractivity (Wildman–Crippen MR) is 147 cm³/mol. The molecule has 0 bridgehead atoms. The van der Waals surface area contributed by atoms with Gasteiger partial charge in [-0.3, -0.25) is 0 Å². The molecule has 166 valence electrons. The number of hydrogen-bond acceptors (Lipinski definition) is 0. The average molecular weight is 455 g/mol. The molecule has 0 nitrogen and oxygen atoms in total. The highest BCUT2D eigenvalue weighted by Gasteiger charge is 2.67. The molecule has 0 aliphatic heterocycles. The zero-order valence-corrected chi connectivity index (χ0v) is 22.8. The third-order valence-electron chi connectivity index (χ3n) is 7.83. The van der Waals surface area contributed by atoms with Crippen LogP contribution in [0.2, 0.25) is 44.3 Å². The van der Waals surface area contributed by atoms with Gasteiger partial charge in [-0.1, -0.05) is 155 Å². The van der Waals surface area contributed by atoms with Crippen molar-refractivity contribution in [1.82, 2.24) is 0 Å². The van der Waals surface area contributed by atoms with Gasteiger partial charge in [0.15, 0.2) is 0 Å². The van der Waals surface area contributed by atoms with E-state index in [0.717, 1.165) is 0 Å². The second-order valence-corrected chi connectivity index (χ2v) is 22.1. The fourth-order valence-electron chi connectivity index (χ4n) is 6.76. The molecule has 0 aromatic heterocycles. The summed E-state index contributed by atoms with van der Waals surface area (Å²) in [6, 6.07) is 22.8. The SMILES string of the molecule is CC1(C(c2ccccc2)(c2ccccc2)C2([Si](C)(C)C)C=CC=C2[Si](C)(C)C)C=CC=C1. The second-order valence-electron chi connectivity index (χ2n) is 11.7. The van der Waals surface area contributed by atoms with Crippen LogP contribution in [0.3, 0.4) is 0 Å². The van der Waals surface area contributed by atoms with E-state index in [9.17, 15) is 0 Å². The van der Waals surface area contributed by atoms with Gasteiger partial charge in [-0.2, -0.15) is 0 Å². The Hall–Kier alpha value is -2.17. The lowest BCUT2D eigenvalue weighted by Crippen LogP contribution is -2.62. The highest BCUT2D eigenvalue weighted by atomic mass is 28.3. The molecule has 4 rings (SSSR count). The number of rotatable bonds is 6. The number of benzene rings is 2. The molecular weight excluding hydrogens is 417 g/mol.